The van der Waals surface area contributed by atoms with E-state index in [-0.39, 0.29) is 5.91 Å². The van der Waals surface area contributed by atoms with E-state index in [1.165, 1.54) is 11.1 Å². The highest BCUT2D eigenvalue weighted by Gasteiger charge is 2.26. The van der Waals surface area contributed by atoms with Crippen LogP contribution in [-0.4, -0.2) is 17.4 Å². The van der Waals surface area contributed by atoms with Crippen molar-refractivity contribution >= 4 is 5.91 Å². The molecule has 1 saturated heterocycles. The molecular weight excluding hydrogens is 210 g/mol. The number of nitrogens with zero attached hydrogens (tertiary/aromatic N) is 1. The summed E-state index contributed by atoms with van der Waals surface area (Å²) in [6.07, 6.45) is 2.79. The van der Waals surface area contributed by atoms with E-state index >= 15 is 0 Å². The van der Waals surface area contributed by atoms with Gasteiger partial charge in [0.25, 0.3) is 0 Å². The number of benzene rings is 1. The van der Waals surface area contributed by atoms with E-state index in [0.717, 1.165) is 13.1 Å². The van der Waals surface area contributed by atoms with Crippen LogP contribution >= 0.6 is 0 Å². The summed E-state index contributed by atoms with van der Waals surface area (Å²) < 4.78 is 0. The zero-order chi connectivity index (χ0) is 12.3. The molecule has 1 unspecified atom stereocenters. The summed E-state index contributed by atoms with van der Waals surface area (Å²) in [4.78, 5) is 13.9. The SMILES string of the molecule is CC=C1CN(Cc2ccccc2)C(=O)CC1C. The van der Waals surface area contributed by atoms with E-state index in [1.807, 2.05) is 23.1 Å². The number of carbonyl (C=O) groups excluding carboxylic acids is 1. The van der Waals surface area contributed by atoms with Gasteiger partial charge in [-0.05, 0) is 18.4 Å². The highest BCUT2D eigenvalue weighted by Crippen LogP contribution is 2.24. The van der Waals surface area contributed by atoms with E-state index < -0.39 is 0 Å². The smallest absolute Gasteiger partial charge is 0.223 e. The molecule has 17 heavy (non-hydrogen) atoms. The van der Waals surface area contributed by atoms with E-state index in [4.69, 9.17) is 0 Å². The Morgan fingerprint density at radius 1 is 1.35 bits per heavy atom. The summed E-state index contributed by atoms with van der Waals surface area (Å²) in [5.41, 5.74) is 2.58. The van der Waals surface area contributed by atoms with E-state index in [1.54, 1.807) is 0 Å². The maximum Gasteiger partial charge on any atom is 0.223 e. The van der Waals surface area contributed by atoms with Crippen LogP contribution in [0.25, 0.3) is 0 Å². The summed E-state index contributed by atoms with van der Waals surface area (Å²) >= 11 is 0. The average Bonchev–Trinajstić information content (AvgIpc) is 2.34. The number of amides is 1. The summed E-state index contributed by atoms with van der Waals surface area (Å²) in [6.45, 7) is 5.70. The number of hydrogen-bond acceptors (Lipinski definition) is 1. The van der Waals surface area contributed by atoms with Crippen molar-refractivity contribution in [2.75, 3.05) is 6.54 Å². The molecule has 1 heterocycles. The third kappa shape index (κ3) is 2.76. The lowest BCUT2D eigenvalue weighted by Gasteiger charge is -2.32. The van der Waals surface area contributed by atoms with Crippen LogP contribution in [0, 0.1) is 5.92 Å². The highest BCUT2D eigenvalue weighted by molar-refractivity contribution is 5.78. The molecule has 0 aromatic heterocycles. The molecule has 1 aromatic rings. The molecule has 2 heteroatoms. The van der Waals surface area contributed by atoms with Gasteiger partial charge in [0.05, 0.1) is 0 Å². The van der Waals surface area contributed by atoms with Crippen molar-refractivity contribution < 1.29 is 4.79 Å². The molecule has 0 spiro atoms. The molecule has 0 aliphatic carbocycles. The molecule has 1 amide bonds. The number of carbonyl (C=O) groups is 1. The van der Waals surface area contributed by atoms with Gasteiger partial charge in [0.2, 0.25) is 5.91 Å². The first-order valence-corrected chi connectivity index (χ1v) is 6.17. The van der Waals surface area contributed by atoms with Gasteiger partial charge in [-0.1, -0.05) is 48.9 Å². The fourth-order valence-corrected chi connectivity index (χ4v) is 2.31. The van der Waals surface area contributed by atoms with E-state index in [9.17, 15) is 4.79 Å². The number of hydrogen-bond donors (Lipinski definition) is 0. The number of likely N-dealkylation sites (tertiary alicyclic amines) is 1. The zero-order valence-corrected chi connectivity index (χ0v) is 10.5. The third-order valence-electron chi connectivity index (χ3n) is 3.43. The Morgan fingerprint density at radius 2 is 2.06 bits per heavy atom. The topological polar surface area (TPSA) is 20.3 Å². The van der Waals surface area contributed by atoms with E-state index in [0.29, 0.717) is 12.3 Å². The van der Waals surface area contributed by atoms with Gasteiger partial charge >= 0.3 is 0 Å². The monoisotopic (exact) mass is 229 g/mol. The molecule has 0 radical (unpaired) electrons. The first kappa shape index (κ1) is 11.9. The molecule has 1 aliphatic heterocycles. The van der Waals surface area contributed by atoms with Crippen LogP contribution < -0.4 is 0 Å². The lowest BCUT2D eigenvalue weighted by Crippen LogP contribution is -2.39. The van der Waals surface area contributed by atoms with Crippen molar-refractivity contribution in [2.24, 2.45) is 5.92 Å². The average molecular weight is 229 g/mol. The van der Waals surface area contributed by atoms with Gasteiger partial charge in [-0.25, -0.2) is 0 Å². The summed E-state index contributed by atoms with van der Waals surface area (Å²) in [7, 11) is 0. The van der Waals surface area contributed by atoms with Crippen molar-refractivity contribution in [3.05, 3.63) is 47.5 Å². The molecule has 0 bridgehead atoms. The van der Waals surface area contributed by atoms with Crippen LogP contribution in [0.1, 0.15) is 25.8 Å². The van der Waals surface area contributed by atoms with Crippen molar-refractivity contribution in [3.8, 4) is 0 Å². The number of piperidine rings is 1. The van der Waals surface area contributed by atoms with Gasteiger partial charge in [-0.2, -0.15) is 0 Å². The van der Waals surface area contributed by atoms with Crippen molar-refractivity contribution in [2.45, 2.75) is 26.8 Å². The second-order valence-corrected chi connectivity index (χ2v) is 4.70. The third-order valence-corrected chi connectivity index (χ3v) is 3.43. The van der Waals surface area contributed by atoms with Crippen LogP contribution in [0.2, 0.25) is 0 Å². The Bertz CT molecular complexity index is 422. The summed E-state index contributed by atoms with van der Waals surface area (Å²) in [5.74, 6) is 0.673. The van der Waals surface area contributed by atoms with Gasteiger partial charge in [0.15, 0.2) is 0 Å². The quantitative estimate of drug-likeness (QED) is 0.714. The van der Waals surface area contributed by atoms with Crippen molar-refractivity contribution in [3.63, 3.8) is 0 Å². The van der Waals surface area contributed by atoms with Gasteiger partial charge in [-0.15, -0.1) is 0 Å². The molecular formula is C15H19NO. The highest BCUT2D eigenvalue weighted by atomic mass is 16.2. The maximum absolute atomic E-state index is 12.0. The van der Waals surface area contributed by atoms with E-state index in [2.05, 4.69) is 32.1 Å². The molecule has 1 atom stereocenters. The van der Waals surface area contributed by atoms with Crippen LogP contribution in [-0.2, 0) is 11.3 Å². The van der Waals surface area contributed by atoms with Gasteiger partial charge < -0.3 is 4.90 Å². The summed E-state index contributed by atoms with van der Waals surface area (Å²) in [6, 6.07) is 10.2. The summed E-state index contributed by atoms with van der Waals surface area (Å²) in [5, 5.41) is 0. The minimum atomic E-state index is 0.270. The predicted molar refractivity (Wildman–Crippen MR) is 69.4 cm³/mol. The standard InChI is InChI=1S/C15H19NO/c1-3-14-11-16(15(17)9-12(14)2)10-13-7-5-4-6-8-13/h3-8,12H,9-11H2,1-2H3. The maximum atomic E-state index is 12.0. The molecule has 1 fully saturated rings. The Kier molecular flexibility index (Phi) is 3.62. The largest absolute Gasteiger partial charge is 0.334 e. The Labute approximate surface area is 103 Å². The minimum absolute atomic E-state index is 0.270. The molecule has 1 aliphatic rings. The van der Waals surface area contributed by atoms with Gasteiger partial charge in [-0.3, -0.25) is 4.79 Å². The first-order valence-electron chi connectivity index (χ1n) is 6.17. The molecule has 2 rings (SSSR count). The second kappa shape index (κ2) is 5.17. The molecule has 2 nitrogen and oxygen atoms in total. The number of allylic oxidation sites excluding steroid dienone is 1. The lowest BCUT2D eigenvalue weighted by atomic mass is 9.92. The Balaban J connectivity index is 2.08. The zero-order valence-electron chi connectivity index (χ0n) is 10.5. The first-order chi connectivity index (χ1) is 8.20. The number of rotatable bonds is 2. The fourth-order valence-electron chi connectivity index (χ4n) is 2.31. The van der Waals surface area contributed by atoms with Crippen molar-refractivity contribution in [1.29, 1.82) is 0 Å². The Morgan fingerprint density at radius 3 is 2.71 bits per heavy atom. The van der Waals surface area contributed by atoms with Crippen molar-refractivity contribution in [1.82, 2.24) is 4.90 Å². The van der Waals surface area contributed by atoms with Crippen LogP contribution in [0.4, 0.5) is 0 Å². The van der Waals surface area contributed by atoms with Crippen LogP contribution in [0.5, 0.6) is 0 Å². The van der Waals surface area contributed by atoms with Crippen LogP contribution in [0.15, 0.2) is 42.0 Å². The predicted octanol–water partition coefficient (Wildman–Crippen LogP) is 3.00. The molecule has 1 aromatic carbocycles. The second-order valence-electron chi connectivity index (χ2n) is 4.70. The van der Waals surface area contributed by atoms with Gasteiger partial charge in [0, 0.05) is 19.5 Å². The Hall–Kier alpha value is -1.57. The van der Waals surface area contributed by atoms with Crippen LogP contribution in [0.3, 0.4) is 0 Å². The minimum Gasteiger partial charge on any atom is -0.334 e. The normalized spacial score (nSPS) is 23.2. The molecule has 0 saturated carbocycles. The fraction of sp³-hybridized carbons (Fsp3) is 0.400. The lowest BCUT2D eigenvalue weighted by molar-refractivity contribution is -0.133. The van der Waals surface area contributed by atoms with Gasteiger partial charge in [0.1, 0.15) is 0 Å². The molecule has 90 valence electrons. The molecule has 0 N–H and O–H groups in total.